The van der Waals surface area contributed by atoms with Crippen LogP contribution in [0.5, 0.6) is 0 Å². The van der Waals surface area contributed by atoms with Gasteiger partial charge in [0.1, 0.15) is 11.4 Å². The van der Waals surface area contributed by atoms with Crippen molar-refractivity contribution in [2.75, 3.05) is 0 Å². The van der Waals surface area contributed by atoms with Gasteiger partial charge in [-0.25, -0.2) is 4.98 Å². The largest absolute Gasteiger partial charge is 0.288 e. The number of carbonyl (C=O) groups is 2. The van der Waals surface area contributed by atoms with Crippen molar-refractivity contribution in [3.8, 4) is 0 Å². The second kappa shape index (κ2) is 9.81. The first-order chi connectivity index (χ1) is 15.3. The van der Waals surface area contributed by atoms with Crippen molar-refractivity contribution >= 4 is 35.1 Å². The minimum Gasteiger partial charge on any atom is -0.288 e. The molecule has 1 heterocycles. The molecule has 0 unspecified atom stereocenters. The molecule has 3 rings (SSSR count). The maximum atomic E-state index is 12.4. The van der Waals surface area contributed by atoms with Gasteiger partial charge in [0.05, 0.1) is 9.85 Å². The van der Waals surface area contributed by atoms with Crippen LogP contribution in [0, 0.1) is 20.2 Å². The van der Waals surface area contributed by atoms with Crippen molar-refractivity contribution < 1.29 is 19.4 Å². The lowest BCUT2D eigenvalue weighted by atomic mass is 10.1. The smallest absolute Gasteiger partial charge is 0.269 e. The number of nitrogens with zero attached hydrogens (tertiary/aromatic N) is 3. The molecule has 0 saturated carbocycles. The van der Waals surface area contributed by atoms with E-state index < -0.39 is 21.4 Å². The van der Waals surface area contributed by atoms with Gasteiger partial charge >= 0.3 is 0 Å². The zero-order valence-electron chi connectivity index (χ0n) is 16.5. The van der Waals surface area contributed by atoms with Crippen LogP contribution in [0.4, 0.5) is 11.4 Å². The molecule has 0 fully saturated rings. The lowest BCUT2D eigenvalue weighted by molar-refractivity contribution is -0.385. The molecule has 32 heavy (non-hydrogen) atoms. The normalized spacial score (nSPS) is 11.0. The lowest BCUT2D eigenvalue weighted by Gasteiger charge is -1.99. The van der Waals surface area contributed by atoms with Gasteiger partial charge in [-0.1, -0.05) is 18.2 Å². The van der Waals surface area contributed by atoms with Crippen LogP contribution in [0.15, 0.2) is 78.9 Å². The number of ketones is 2. The van der Waals surface area contributed by atoms with Gasteiger partial charge in [0.25, 0.3) is 11.4 Å². The molecule has 1 aromatic heterocycles. The Morgan fingerprint density at radius 2 is 1.03 bits per heavy atom. The molecular formula is C23H15N3O6. The molecule has 0 N–H and O–H groups in total. The second-order valence-corrected chi connectivity index (χ2v) is 6.50. The molecule has 9 heteroatoms. The molecule has 9 nitrogen and oxygen atoms in total. The SMILES string of the molecule is O=C(C=Cc1ccc([N+](=O)[O-])cc1)c1cccc(C(=O)C=Cc2ccc([N+](=O)[O-])cc2)n1. The summed E-state index contributed by atoms with van der Waals surface area (Å²) >= 11 is 0. The number of pyridine rings is 1. The molecule has 0 spiro atoms. The number of non-ortho nitro benzene ring substituents is 2. The van der Waals surface area contributed by atoms with Crippen LogP contribution in [0.25, 0.3) is 12.2 Å². The van der Waals surface area contributed by atoms with Gasteiger partial charge in [-0.15, -0.1) is 0 Å². The van der Waals surface area contributed by atoms with E-state index in [9.17, 15) is 29.8 Å². The van der Waals surface area contributed by atoms with Crippen molar-refractivity contribution in [2.24, 2.45) is 0 Å². The number of hydrogen-bond acceptors (Lipinski definition) is 7. The van der Waals surface area contributed by atoms with Crippen molar-refractivity contribution in [1.82, 2.24) is 4.98 Å². The van der Waals surface area contributed by atoms with Crippen molar-refractivity contribution in [2.45, 2.75) is 0 Å². The van der Waals surface area contributed by atoms with E-state index in [0.29, 0.717) is 11.1 Å². The Morgan fingerprint density at radius 3 is 1.38 bits per heavy atom. The number of aromatic nitrogens is 1. The summed E-state index contributed by atoms with van der Waals surface area (Å²) in [4.78, 5) is 49.2. The predicted octanol–water partition coefficient (Wildman–Crippen LogP) is 4.69. The molecule has 0 bridgehead atoms. The van der Waals surface area contributed by atoms with Gasteiger partial charge in [0, 0.05) is 24.3 Å². The molecule has 0 aliphatic carbocycles. The second-order valence-electron chi connectivity index (χ2n) is 6.50. The fourth-order valence-corrected chi connectivity index (χ4v) is 2.64. The van der Waals surface area contributed by atoms with Crippen molar-refractivity contribution in [3.05, 3.63) is 122 Å². The minimum absolute atomic E-state index is 0.0527. The Bertz CT molecular complexity index is 1150. The quantitative estimate of drug-likeness (QED) is 0.219. The third-order valence-corrected chi connectivity index (χ3v) is 4.32. The van der Waals surface area contributed by atoms with E-state index in [1.165, 1.54) is 91.0 Å². The van der Waals surface area contributed by atoms with E-state index in [1.54, 1.807) is 0 Å². The zero-order valence-corrected chi connectivity index (χ0v) is 16.5. The highest BCUT2D eigenvalue weighted by Crippen LogP contribution is 2.15. The highest BCUT2D eigenvalue weighted by Gasteiger charge is 2.10. The van der Waals surface area contributed by atoms with Gasteiger partial charge in [-0.2, -0.15) is 0 Å². The van der Waals surface area contributed by atoms with Gasteiger partial charge in [0.15, 0.2) is 0 Å². The van der Waals surface area contributed by atoms with Crippen LogP contribution >= 0.6 is 0 Å². The molecule has 0 aliphatic heterocycles. The summed E-state index contributed by atoms with van der Waals surface area (Å²) in [6, 6.07) is 15.9. The van der Waals surface area contributed by atoms with Crippen LogP contribution in [0.2, 0.25) is 0 Å². The maximum absolute atomic E-state index is 12.4. The fraction of sp³-hybridized carbons (Fsp3) is 0. The molecular weight excluding hydrogens is 414 g/mol. The number of rotatable bonds is 8. The summed E-state index contributed by atoms with van der Waals surface area (Å²) < 4.78 is 0. The van der Waals surface area contributed by atoms with E-state index in [2.05, 4.69) is 4.98 Å². The van der Waals surface area contributed by atoms with Crippen molar-refractivity contribution in [1.29, 1.82) is 0 Å². The lowest BCUT2D eigenvalue weighted by Crippen LogP contribution is -2.05. The predicted molar refractivity (Wildman–Crippen MR) is 117 cm³/mol. The Kier molecular flexibility index (Phi) is 6.72. The van der Waals surface area contributed by atoms with Crippen LogP contribution in [-0.4, -0.2) is 26.4 Å². The van der Waals surface area contributed by atoms with E-state index in [4.69, 9.17) is 0 Å². The third kappa shape index (κ3) is 5.63. The fourth-order valence-electron chi connectivity index (χ4n) is 2.64. The standard InChI is InChI=1S/C23H15N3O6/c27-22(14-8-16-4-10-18(11-5-16)25(29)30)20-2-1-3-21(24-20)23(28)15-9-17-6-12-19(13-7-17)26(31)32/h1-15H. The Morgan fingerprint density at radius 1 is 0.656 bits per heavy atom. The average molecular weight is 429 g/mol. The Labute approximate surface area is 181 Å². The molecule has 3 aromatic rings. The molecule has 2 aromatic carbocycles. The summed E-state index contributed by atoms with van der Waals surface area (Å²) in [5, 5.41) is 21.4. The summed E-state index contributed by atoms with van der Waals surface area (Å²) in [5.41, 5.74) is 1.23. The molecule has 0 saturated heterocycles. The molecule has 0 radical (unpaired) electrons. The topological polar surface area (TPSA) is 133 Å². The van der Waals surface area contributed by atoms with Crippen LogP contribution < -0.4 is 0 Å². The van der Waals surface area contributed by atoms with Gasteiger partial charge < -0.3 is 0 Å². The van der Waals surface area contributed by atoms with E-state index in [0.717, 1.165) is 0 Å². The first-order valence-corrected chi connectivity index (χ1v) is 9.24. The molecule has 0 atom stereocenters. The van der Waals surface area contributed by atoms with Crippen molar-refractivity contribution in [3.63, 3.8) is 0 Å². The van der Waals surface area contributed by atoms with Gasteiger partial charge in [0.2, 0.25) is 11.6 Å². The molecule has 158 valence electrons. The summed E-state index contributed by atoms with van der Waals surface area (Å²) in [7, 11) is 0. The number of hydrogen-bond donors (Lipinski definition) is 0. The molecule has 0 aliphatic rings. The number of benzene rings is 2. The van der Waals surface area contributed by atoms with E-state index in [-0.39, 0.29) is 22.8 Å². The zero-order chi connectivity index (χ0) is 23.1. The highest BCUT2D eigenvalue weighted by molar-refractivity contribution is 6.08. The van der Waals surface area contributed by atoms with Gasteiger partial charge in [-0.05, 0) is 59.7 Å². The monoisotopic (exact) mass is 429 g/mol. The summed E-state index contributed by atoms with van der Waals surface area (Å²) in [5.74, 6) is -0.866. The first kappa shape index (κ1) is 21.9. The number of allylic oxidation sites excluding steroid dienone is 2. The minimum atomic E-state index is -0.513. The summed E-state index contributed by atoms with van der Waals surface area (Å²) in [6.45, 7) is 0. The highest BCUT2D eigenvalue weighted by atomic mass is 16.6. The third-order valence-electron chi connectivity index (χ3n) is 4.32. The van der Waals surface area contributed by atoms with E-state index in [1.807, 2.05) is 0 Å². The number of carbonyl (C=O) groups excluding carboxylic acids is 2. The van der Waals surface area contributed by atoms with Gasteiger partial charge in [-0.3, -0.25) is 29.8 Å². The van der Waals surface area contributed by atoms with Crippen LogP contribution in [-0.2, 0) is 0 Å². The maximum Gasteiger partial charge on any atom is 0.269 e. The Balaban J connectivity index is 1.69. The Hall–Kier alpha value is -4.79. The van der Waals surface area contributed by atoms with Crippen LogP contribution in [0.3, 0.4) is 0 Å². The van der Waals surface area contributed by atoms with E-state index >= 15 is 0 Å². The summed E-state index contributed by atoms with van der Waals surface area (Å²) in [6.07, 6.45) is 5.53. The number of nitro benzene ring substituents is 2. The number of nitro groups is 2. The first-order valence-electron chi connectivity index (χ1n) is 9.24. The molecule has 0 amide bonds. The van der Waals surface area contributed by atoms with Crippen LogP contribution in [0.1, 0.15) is 32.1 Å². The average Bonchev–Trinajstić information content (AvgIpc) is 2.81.